The minimum absolute atomic E-state index is 0.174. The highest BCUT2D eigenvalue weighted by Crippen LogP contribution is 2.49. The summed E-state index contributed by atoms with van der Waals surface area (Å²) in [4.78, 5) is 25.3. The molecule has 0 saturated heterocycles. The van der Waals surface area contributed by atoms with Crippen molar-refractivity contribution < 1.29 is 14.7 Å². The van der Waals surface area contributed by atoms with Crippen molar-refractivity contribution in [3.05, 3.63) is 74.4 Å². The molecular formula is C21H13ClN2O3S. The number of carboxylic acids is 1. The van der Waals surface area contributed by atoms with E-state index in [4.69, 9.17) is 16.9 Å². The third-order valence-electron chi connectivity index (χ3n) is 4.68. The van der Waals surface area contributed by atoms with Crippen molar-refractivity contribution in [2.24, 2.45) is 0 Å². The van der Waals surface area contributed by atoms with E-state index in [0.29, 0.717) is 27.4 Å². The Morgan fingerprint density at radius 1 is 1.18 bits per heavy atom. The first-order valence-electron chi connectivity index (χ1n) is 8.43. The normalized spacial score (nSPS) is 15.4. The van der Waals surface area contributed by atoms with Crippen LogP contribution in [0.2, 0.25) is 5.02 Å². The molecule has 4 rings (SSSR count). The third kappa shape index (κ3) is 3.15. The number of nitrogens with one attached hydrogen (secondary N) is 1. The Morgan fingerprint density at radius 3 is 2.46 bits per heavy atom. The molecule has 5 nitrogen and oxygen atoms in total. The summed E-state index contributed by atoms with van der Waals surface area (Å²) in [6.45, 7) is 0. The van der Waals surface area contributed by atoms with Gasteiger partial charge in [0.15, 0.2) is 0 Å². The fourth-order valence-electron chi connectivity index (χ4n) is 3.39. The number of anilines is 1. The molecule has 0 radical (unpaired) electrons. The maximum atomic E-state index is 12.4. The van der Waals surface area contributed by atoms with E-state index in [1.54, 1.807) is 36.4 Å². The number of rotatable bonds is 3. The topological polar surface area (TPSA) is 90.2 Å². The first-order chi connectivity index (χ1) is 13.5. The summed E-state index contributed by atoms with van der Waals surface area (Å²) in [5.74, 6) is -1.48. The second-order valence-corrected chi connectivity index (χ2v) is 7.88. The average Bonchev–Trinajstić information content (AvgIpc) is 3.07. The number of carboxylic acid groups (broad SMARTS) is 1. The molecule has 0 unspecified atom stereocenters. The maximum absolute atomic E-state index is 12.4. The molecule has 1 aliphatic rings. The summed E-state index contributed by atoms with van der Waals surface area (Å²) in [7, 11) is 0. The van der Waals surface area contributed by atoms with Gasteiger partial charge in [-0.05, 0) is 35.4 Å². The molecule has 1 amide bonds. The Morgan fingerprint density at radius 2 is 1.86 bits per heavy atom. The number of benzene rings is 2. The van der Waals surface area contributed by atoms with Crippen molar-refractivity contribution in [1.82, 2.24) is 0 Å². The minimum Gasteiger partial charge on any atom is -0.477 e. The number of carbonyl (C=O) groups is 2. The number of hydrogen-bond acceptors (Lipinski definition) is 4. The molecule has 0 bridgehead atoms. The number of amides is 1. The van der Waals surface area contributed by atoms with Crippen LogP contribution in [0.3, 0.4) is 0 Å². The molecule has 0 saturated carbocycles. The molecule has 7 heteroatoms. The number of aromatic carboxylic acids is 1. The Bertz CT molecular complexity index is 1130. The number of nitriles is 1. The summed E-state index contributed by atoms with van der Waals surface area (Å²) in [5, 5.41) is 22.2. The zero-order valence-electron chi connectivity index (χ0n) is 14.4. The van der Waals surface area contributed by atoms with Gasteiger partial charge in [-0.2, -0.15) is 5.26 Å². The van der Waals surface area contributed by atoms with Crippen LogP contribution in [0.5, 0.6) is 0 Å². The van der Waals surface area contributed by atoms with Gasteiger partial charge in [-0.3, -0.25) is 4.79 Å². The van der Waals surface area contributed by atoms with Crippen molar-refractivity contribution in [2.45, 2.75) is 12.3 Å². The van der Waals surface area contributed by atoms with Crippen LogP contribution in [-0.2, 0) is 4.79 Å². The lowest BCUT2D eigenvalue weighted by Gasteiger charge is -2.24. The predicted molar refractivity (Wildman–Crippen MR) is 108 cm³/mol. The Balaban J connectivity index is 1.90. The molecule has 0 aliphatic carbocycles. The molecule has 2 aromatic carbocycles. The molecule has 0 fully saturated rings. The summed E-state index contributed by atoms with van der Waals surface area (Å²) >= 11 is 7.14. The van der Waals surface area contributed by atoms with Gasteiger partial charge < -0.3 is 10.4 Å². The average molecular weight is 409 g/mol. The summed E-state index contributed by atoms with van der Waals surface area (Å²) in [6, 6.07) is 16.0. The van der Waals surface area contributed by atoms with E-state index in [1.165, 1.54) is 11.3 Å². The predicted octanol–water partition coefficient (Wildman–Crippen LogP) is 5.11. The van der Waals surface area contributed by atoms with Crippen LogP contribution < -0.4 is 5.32 Å². The van der Waals surface area contributed by atoms with E-state index in [9.17, 15) is 14.7 Å². The Hall–Kier alpha value is -3.14. The van der Waals surface area contributed by atoms with Crippen molar-refractivity contribution in [1.29, 1.82) is 5.26 Å². The smallest absolute Gasteiger partial charge is 0.346 e. The summed E-state index contributed by atoms with van der Waals surface area (Å²) < 4.78 is 0. The molecule has 28 heavy (non-hydrogen) atoms. The first kappa shape index (κ1) is 18.2. The second kappa shape index (κ2) is 7.12. The molecule has 3 aromatic rings. The fourth-order valence-corrected chi connectivity index (χ4v) is 4.76. The number of halogens is 1. The van der Waals surface area contributed by atoms with E-state index in [-0.39, 0.29) is 23.1 Å². The van der Waals surface area contributed by atoms with E-state index < -0.39 is 5.97 Å². The van der Waals surface area contributed by atoms with Crippen LogP contribution in [0.15, 0.2) is 48.5 Å². The standard InChI is InChI=1S/C21H13ClN2O3S/c22-14-7-5-13(6-8-14)17-18-19(28-20(17)21(26)27)15(9-16(25)24-18)12-3-1-11(10-23)2-4-12/h1-8,15H,9H2,(H,24,25)(H,26,27)/t15-/m1/s1. The van der Waals surface area contributed by atoms with Crippen LogP contribution >= 0.6 is 22.9 Å². The molecule has 1 aromatic heterocycles. The molecular weight excluding hydrogens is 396 g/mol. The highest BCUT2D eigenvalue weighted by molar-refractivity contribution is 7.15. The van der Waals surface area contributed by atoms with Gasteiger partial charge in [0.1, 0.15) is 4.88 Å². The van der Waals surface area contributed by atoms with E-state index in [2.05, 4.69) is 11.4 Å². The lowest BCUT2D eigenvalue weighted by atomic mass is 9.88. The largest absolute Gasteiger partial charge is 0.477 e. The van der Waals surface area contributed by atoms with Crippen LogP contribution in [0.4, 0.5) is 5.69 Å². The van der Waals surface area contributed by atoms with E-state index in [0.717, 1.165) is 10.4 Å². The van der Waals surface area contributed by atoms with Crippen molar-refractivity contribution in [3.63, 3.8) is 0 Å². The monoisotopic (exact) mass is 408 g/mol. The highest BCUT2D eigenvalue weighted by Gasteiger charge is 2.34. The number of thiophene rings is 1. The van der Waals surface area contributed by atoms with Crippen molar-refractivity contribution in [3.8, 4) is 17.2 Å². The van der Waals surface area contributed by atoms with Crippen LogP contribution in [0.25, 0.3) is 11.1 Å². The van der Waals surface area contributed by atoms with E-state index >= 15 is 0 Å². The zero-order chi connectivity index (χ0) is 19.8. The van der Waals surface area contributed by atoms with Gasteiger partial charge in [0.05, 0.1) is 17.3 Å². The Kier molecular flexibility index (Phi) is 4.63. The van der Waals surface area contributed by atoms with Crippen LogP contribution in [-0.4, -0.2) is 17.0 Å². The van der Waals surface area contributed by atoms with Gasteiger partial charge in [-0.15, -0.1) is 11.3 Å². The Labute approximate surface area is 169 Å². The van der Waals surface area contributed by atoms with Crippen molar-refractivity contribution in [2.75, 3.05) is 5.32 Å². The van der Waals surface area contributed by atoms with Gasteiger partial charge in [-0.1, -0.05) is 35.9 Å². The summed E-state index contributed by atoms with van der Waals surface area (Å²) in [5.41, 5.74) is 3.12. The van der Waals surface area contributed by atoms with Gasteiger partial charge in [0, 0.05) is 27.8 Å². The first-order valence-corrected chi connectivity index (χ1v) is 9.63. The van der Waals surface area contributed by atoms with E-state index in [1.807, 2.05) is 12.1 Å². The lowest BCUT2D eigenvalue weighted by Crippen LogP contribution is -2.22. The molecule has 1 atom stereocenters. The molecule has 1 aliphatic heterocycles. The van der Waals surface area contributed by atoms with Gasteiger partial charge in [0.25, 0.3) is 0 Å². The quantitative estimate of drug-likeness (QED) is 0.629. The van der Waals surface area contributed by atoms with Crippen molar-refractivity contribution >= 4 is 40.5 Å². The molecule has 138 valence electrons. The molecule has 2 N–H and O–H groups in total. The van der Waals surface area contributed by atoms with Crippen LogP contribution in [0, 0.1) is 11.3 Å². The zero-order valence-corrected chi connectivity index (χ0v) is 16.0. The summed E-state index contributed by atoms with van der Waals surface area (Å²) in [6.07, 6.45) is 0.221. The van der Waals surface area contributed by atoms with Gasteiger partial charge in [-0.25, -0.2) is 4.79 Å². The van der Waals surface area contributed by atoms with Crippen LogP contribution in [0.1, 0.15) is 38.0 Å². The SMILES string of the molecule is N#Cc1ccc([C@H]2CC(=O)Nc3c2sc(C(=O)O)c3-c2ccc(Cl)cc2)cc1. The number of fused-ring (bicyclic) bond motifs is 1. The highest BCUT2D eigenvalue weighted by atomic mass is 35.5. The number of nitrogens with zero attached hydrogens (tertiary/aromatic N) is 1. The second-order valence-electron chi connectivity index (χ2n) is 6.40. The number of hydrogen-bond donors (Lipinski definition) is 2. The lowest BCUT2D eigenvalue weighted by molar-refractivity contribution is -0.116. The maximum Gasteiger partial charge on any atom is 0.346 e. The molecule has 2 heterocycles. The third-order valence-corrected chi connectivity index (χ3v) is 6.22. The molecule has 0 spiro atoms. The van der Waals surface area contributed by atoms with Gasteiger partial charge >= 0.3 is 5.97 Å². The fraction of sp³-hybridized carbons (Fsp3) is 0.0952. The van der Waals surface area contributed by atoms with Gasteiger partial charge in [0.2, 0.25) is 5.91 Å². The number of carbonyl (C=O) groups excluding carboxylic acids is 1. The minimum atomic E-state index is -1.04.